The SMILES string of the molecule is CC(C)C(C)OCC(O)c1ccc(-c2ccccc2)cc1. The first-order valence-corrected chi connectivity index (χ1v) is 7.53. The molecule has 2 rings (SSSR count). The van der Waals surface area contributed by atoms with Crippen LogP contribution >= 0.6 is 0 Å². The van der Waals surface area contributed by atoms with Crippen LogP contribution in [0.3, 0.4) is 0 Å². The van der Waals surface area contributed by atoms with Crippen molar-refractivity contribution in [3.63, 3.8) is 0 Å². The molecule has 21 heavy (non-hydrogen) atoms. The number of aliphatic hydroxyl groups is 1. The standard InChI is InChI=1S/C19H24O2/c1-14(2)15(3)21-13-19(20)18-11-9-17(10-12-18)16-7-5-4-6-8-16/h4-12,14-15,19-20H,13H2,1-3H3. The maximum atomic E-state index is 10.2. The molecule has 0 amide bonds. The van der Waals surface area contributed by atoms with Crippen LogP contribution in [-0.4, -0.2) is 17.8 Å². The van der Waals surface area contributed by atoms with E-state index in [-0.39, 0.29) is 6.10 Å². The molecular weight excluding hydrogens is 260 g/mol. The third-order valence-corrected chi connectivity index (χ3v) is 3.86. The van der Waals surface area contributed by atoms with E-state index in [2.05, 4.69) is 26.0 Å². The fourth-order valence-corrected chi connectivity index (χ4v) is 2.06. The normalized spacial score (nSPS) is 14.1. The summed E-state index contributed by atoms with van der Waals surface area (Å²) in [6.07, 6.45) is -0.417. The number of hydrogen-bond acceptors (Lipinski definition) is 2. The minimum Gasteiger partial charge on any atom is -0.386 e. The van der Waals surface area contributed by atoms with Crippen LogP contribution in [-0.2, 0) is 4.74 Å². The van der Waals surface area contributed by atoms with Crippen LogP contribution < -0.4 is 0 Å². The molecule has 2 nitrogen and oxygen atoms in total. The second-order valence-electron chi connectivity index (χ2n) is 5.79. The smallest absolute Gasteiger partial charge is 0.102 e. The number of hydrogen-bond donors (Lipinski definition) is 1. The third kappa shape index (κ3) is 4.42. The maximum absolute atomic E-state index is 10.2. The van der Waals surface area contributed by atoms with Gasteiger partial charge in [-0.1, -0.05) is 68.4 Å². The third-order valence-electron chi connectivity index (χ3n) is 3.86. The molecular formula is C19H24O2. The van der Waals surface area contributed by atoms with Gasteiger partial charge in [0.1, 0.15) is 6.10 Å². The van der Waals surface area contributed by atoms with Gasteiger partial charge in [0.2, 0.25) is 0 Å². The molecule has 0 aromatic heterocycles. The van der Waals surface area contributed by atoms with Crippen LogP contribution in [0.15, 0.2) is 54.6 Å². The second kappa shape index (κ2) is 7.39. The molecule has 0 aliphatic rings. The molecule has 0 saturated heterocycles. The first-order chi connectivity index (χ1) is 10.1. The van der Waals surface area contributed by atoms with E-state index in [0.29, 0.717) is 12.5 Å². The summed E-state index contributed by atoms with van der Waals surface area (Å²) >= 11 is 0. The zero-order valence-electron chi connectivity index (χ0n) is 13.0. The summed E-state index contributed by atoms with van der Waals surface area (Å²) in [6.45, 7) is 6.61. The molecule has 0 radical (unpaired) electrons. The van der Waals surface area contributed by atoms with Gasteiger partial charge in [-0.15, -0.1) is 0 Å². The monoisotopic (exact) mass is 284 g/mol. The van der Waals surface area contributed by atoms with E-state index in [4.69, 9.17) is 4.74 Å². The molecule has 0 fully saturated rings. The minimum absolute atomic E-state index is 0.156. The zero-order chi connectivity index (χ0) is 15.2. The number of ether oxygens (including phenoxy) is 1. The molecule has 2 heteroatoms. The summed E-state index contributed by atoms with van der Waals surface area (Å²) in [5.74, 6) is 0.456. The second-order valence-corrected chi connectivity index (χ2v) is 5.79. The van der Waals surface area contributed by atoms with Crippen molar-refractivity contribution in [1.82, 2.24) is 0 Å². The molecule has 0 heterocycles. The van der Waals surface area contributed by atoms with Crippen molar-refractivity contribution in [2.45, 2.75) is 33.0 Å². The highest BCUT2D eigenvalue weighted by Gasteiger charge is 2.12. The Morgan fingerprint density at radius 3 is 2.00 bits per heavy atom. The van der Waals surface area contributed by atoms with Gasteiger partial charge in [0.05, 0.1) is 12.7 Å². The van der Waals surface area contributed by atoms with E-state index in [0.717, 1.165) is 11.1 Å². The van der Waals surface area contributed by atoms with Crippen LogP contribution in [0, 0.1) is 5.92 Å². The Hall–Kier alpha value is -1.64. The lowest BCUT2D eigenvalue weighted by molar-refractivity contribution is -0.0206. The molecule has 2 aromatic carbocycles. The summed E-state index contributed by atoms with van der Waals surface area (Å²) in [5, 5.41) is 10.2. The van der Waals surface area contributed by atoms with Crippen LogP contribution in [0.5, 0.6) is 0 Å². The van der Waals surface area contributed by atoms with Gasteiger partial charge in [0, 0.05) is 0 Å². The van der Waals surface area contributed by atoms with Crippen molar-refractivity contribution in [1.29, 1.82) is 0 Å². The Balaban J connectivity index is 1.99. The Kier molecular flexibility index (Phi) is 5.54. The summed E-state index contributed by atoms with van der Waals surface area (Å²) in [5.41, 5.74) is 3.23. The summed E-state index contributed by atoms with van der Waals surface area (Å²) < 4.78 is 5.68. The lowest BCUT2D eigenvalue weighted by atomic mass is 10.0. The topological polar surface area (TPSA) is 29.5 Å². The van der Waals surface area contributed by atoms with Crippen molar-refractivity contribution in [2.75, 3.05) is 6.61 Å². The summed E-state index contributed by atoms with van der Waals surface area (Å²) in [6, 6.07) is 18.2. The van der Waals surface area contributed by atoms with Crippen molar-refractivity contribution >= 4 is 0 Å². The highest BCUT2D eigenvalue weighted by Crippen LogP contribution is 2.22. The fraction of sp³-hybridized carbons (Fsp3) is 0.368. The Morgan fingerprint density at radius 1 is 0.857 bits per heavy atom. The van der Waals surface area contributed by atoms with Crippen LogP contribution in [0.4, 0.5) is 0 Å². The van der Waals surface area contributed by atoms with E-state index >= 15 is 0 Å². The van der Waals surface area contributed by atoms with Gasteiger partial charge < -0.3 is 9.84 Å². The first-order valence-electron chi connectivity index (χ1n) is 7.53. The Morgan fingerprint density at radius 2 is 1.43 bits per heavy atom. The molecule has 2 atom stereocenters. The molecule has 0 saturated carbocycles. The number of rotatable bonds is 6. The fourth-order valence-electron chi connectivity index (χ4n) is 2.06. The molecule has 112 valence electrons. The Bertz CT molecular complexity index is 531. The molecule has 0 bridgehead atoms. The number of aliphatic hydroxyl groups excluding tert-OH is 1. The van der Waals surface area contributed by atoms with Gasteiger partial charge in [-0.05, 0) is 29.5 Å². The summed E-state index contributed by atoms with van der Waals surface area (Å²) in [4.78, 5) is 0. The van der Waals surface area contributed by atoms with E-state index in [9.17, 15) is 5.11 Å². The lowest BCUT2D eigenvalue weighted by Crippen LogP contribution is -2.19. The predicted octanol–water partition coefficient (Wildman–Crippen LogP) is 4.45. The highest BCUT2D eigenvalue weighted by atomic mass is 16.5. The van der Waals surface area contributed by atoms with Gasteiger partial charge in [-0.2, -0.15) is 0 Å². The molecule has 0 aliphatic carbocycles. The quantitative estimate of drug-likeness (QED) is 0.849. The minimum atomic E-state index is -0.573. The van der Waals surface area contributed by atoms with Gasteiger partial charge in [0.25, 0.3) is 0 Å². The molecule has 0 aliphatic heterocycles. The summed E-state index contributed by atoms with van der Waals surface area (Å²) in [7, 11) is 0. The van der Waals surface area contributed by atoms with Crippen molar-refractivity contribution in [3.05, 3.63) is 60.2 Å². The van der Waals surface area contributed by atoms with Crippen LogP contribution in [0.1, 0.15) is 32.4 Å². The average Bonchev–Trinajstić information content (AvgIpc) is 2.53. The molecule has 2 unspecified atom stereocenters. The largest absolute Gasteiger partial charge is 0.386 e. The number of benzene rings is 2. The predicted molar refractivity (Wildman–Crippen MR) is 87.1 cm³/mol. The highest BCUT2D eigenvalue weighted by molar-refractivity contribution is 5.63. The average molecular weight is 284 g/mol. The maximum Gasteiger partial charge on any atom is 0.102 e. The van der Waals surface area contributed by atoms with E-state index in [1.165, 1.54) is 5.56 Å². The Labute approximate surface area is 127 Å². The van der Waals surface area contributed by atoms with E-state index < -0.39 is 6.10 Å². The van der Waals surface area contributed by atoms with Crippen molar-refractivity contribution in [3.8, 4) is 11.1 Å². The first kappa shape index (κ1) is 15.7. The van der Waals surface area contributed by atoms with Gasteiger partial charge in [0.15, 0.2) is 0 Å². The van der Waals surface area contributed by atoms with Crippen molar-refractivity contribution in [2.24, 2.45) is 5.92 Å². The van der Waals surface area contributed by atoms with E-state index in [1.54, 1.807) is 0 Å². The molecule has 2 aromatic rings. The van der Waals surface area contributed by atoms with Crippen molar-refractivity contribution < 1.29 is 9.84 Å². The molecule has 1 N–H and O–H groups in total. The van der Waals surface area contributed by atoms with Crippen LogP contribution in [0.2, 0.25) is 0 Å². The molecule has 0 spiro atoms. The van der Waals surface area contributed by atoms with Crippen LogP contribution in [0.25, 0.3) is 11.1 Å². The lowest BCUT2D eigenvalue weighted by Gasteiger charge is -2.19. The van der Waals surface area contributed by atoms with E-state index in [1.807, 2.05) is 49.4 Å². The van der Waals surface area contributed by atoms with Gasteiger partial charge in [-0.3, -0.25) is 0 Å². The van der Waals surface area contributed by atoms with Gasteiger partial charge in [-0.25, -0.2) is 0 Å². The zero-order valence-corrected chi connectivity index (χ0v) is 13.0. The van der Waals surface area contributed by atoms with Gasteiger partial charge >= 0.3 is 0 Å².